The molecule has 2 aromatic rings. The molecule has 1 aromatic heterocycles. The zero-order valence-electron chi connectivity index (χ0n) is 14.6. The van der Waals surface area contributed by atoms with Crippen molar-refractivity contribution >= 4 is 17.3 Å². The van der Waals surface area contributed by atoms with Gasteiger partial charge in [-0.05, 0) is 37.5 Å². The number of aromatic nitrogens is 1. The summed E-state index contributed by atoms with van der Waals surface area (Å²) in [5.41, 5.74) is 2.20. The minimum absolute atomic E-state index is 0.0446. The van der Waals surface area contributed by atoms with Crippen LogP contribution in [-0.4, -0.2) is 43.1 Å². The number of anilines is 2. The Labute approximate surface area is 147 Å². The van der Waals surface area contributed by atoms with E-state index >= 15 is 0 Å². The van der Waals surface area contributed by atoms with E-state index in [9.17, 15) is 4.79 Å². The summed E-state index contributed by atoms with van der Waals surface area (Å²) >= 11 is 0. The average Bonchev–Trinajstić information content (AvgIpc) is 2.68. The molecule has 132 valence electrons. The monoisotopic (exact) mass is 341 g/mol. The Morgan fingerprint density at radius 1 is 1.00 bits per heavy atom. The lowest BCUT2D eigenvalue weighted by Gasteiger charge is -2.26. The standard InChI is InChI=1S/C19H23N3O3/c1-24-17-7-6-15(11-18(17)25-2)21-16-10-14(12-20-13-16)19(23)22-8-4-3-5-9-22/h6-7,10-13,21H,3-5,8-9H2,1-2H3. The number of nitrogens with one attached hydrogen (secondary N) is 1. The SMILES string of the molecule is COc1ccc(Nc2cncc(C(=O)N3CCCCC3)c2)cc1OC. The quantitative estimate of drug-likeness (QED) is 0.902. The number of piperidine rings is 1. The number of nitrogens with zero attached hydrogens (tertiary/aromatic N) is 2. The lowest BCUT2D eigenvalue weighted by molar-refractivity contribution is 0.0724. The molecule has 1 fully saturated rings. The van der Waals surface area contributed by atoms with Crippen LogP contribution in [0, 0.1) is 0 Å². The first-order valence-electron chi connectivity index (χ1n) is 8.44. The molecule has 2 heterocycles. The molecule has 1 aliphatic heterocycles. The molecule has 1 aromatic carbocycles. The predicted molar refractivity (Wildman–Crippen MR) is 96.8 cm³/mol. The fourth-order valence-electron chi connectivity index (χ4n) is 2.99. The maximum absolute atomic E-state index is 12.6. The van der Waals surface area contributed by atoms with Crippen LogP contribution in [0.4, 0.5) is 11.4 Å². The lowest BCUT2D eigenvalue weighted by atomic mass is 10.1. The van der Waals surface area contributed by atoms with Crippen LogP contribution in [0.1, 0.15) is 29.6 Å². The molecule has 1 aliphatic rings. The number of benzene rings is 1. The van der Waals surface area contributed by atoms with Gasteiger partial charge in [0.15, 0.2) is 11.5 Å². The number of ether oxygens (including phenoxy) is 2. The minimum atomic E-state index is 0.0446. The largest absolute Gasteiger partial charge is 0.493 e. The van der Waals surface area contributed by atoms with Crippen molar-refractivity contribution in [1.29, 1.82) is 0 Å². The summed E-state index contributed by atoms with van der Waals surface area (Å²) in [4.78, 5) is 18.7. The van der Waals surface area contributed by atoms with Crippen molar-refractivity contribution in [2.75, 3.05) is 32.6 Å². The molecule has 1 saturated heterocycles. The van der Waals surface area contributed by atoms with E-state index < -0.39 is 0 Å². The number of amides is 1. The second-order valence-corrected chi connectivity index (χ2v) is 6.01. The van der Waals surface area contributed by atoms with Gasteiger partial charge >= 0.3 is 0 Å². The molecule has 25 heavy (non-hydrogen) atoms. The van der Waals surface area contributed by atoms with Gasteiger partial charge in [0.2, 0.25) is 0 Å². The van der Waals surface area contributed by atoms with Crippen molar-refractivity contribution in [3.63, 3.8) is 0 Å². The van der Waals surface area contributed by atoms with Gasteiger partial charge in [-0.2, -0.15) is 0 Å². The lowest BCUT2D eigenvalue weighted by Crippen LogP contribution is -2.35. The third-order valence-electron chi connectivity index (χ3n) is 4.30. The van der Waals surface area contributed by atoms with E-state index in [2.05, 4.69) is 10.3 Å². The topological polar surface area (TPSA) is 63.7 Å². The molecule has 0 spiro atoms. The van der Waals surface area contributed by atoms with E-state index in [0.717, 1.165) is 37.3 Å². The molecule has 0 atom stereocenters. The van der Waals surface area contributed by atoms with Crippen LogP contribution in [-0.2, 0) is 0 Å². The molecule has 0 unspecified atom stereocenters. The van der Waals surface area contributed by atoms with Gasteiger partial charge in [0, 0.05) is 31.0 Å². The van der Waals surface area contributed by atoms with Crippen molar-refractivity contribution in [3.8, 4) is 11.5 Å². The van der Waals surface area contributed by atoms with Crippen LogP contribution in [0.25, 0.3) is 0 Å². The maximum atomic E-state index is 12.6. The normalized spacial score (nSPS) is 14.1. The highest BCUT2D eigenvalue weighted by Gasteiger charge is 2.18. The van der Waals surface area contributed by atoms with Gasteiger partial charge in [-0.25, -0.2) is 0 Å². The average molecular weight is 341 g/mol. The second kappa shape index (κ2) is 7.88. The van der Waals surface area contributed by atoms with Gasteiger partial charge in [0.05, 0.1) is 31.7 Å². The summed E-state index contributed by atoms with van der Waals surface area (Å²) in [6.45, 7) is 1.65. The van der Waals surface area contributed by atoms with E-state index in [1.54, 1.807) is 26.6 Å². The Bertz CT molecular complexity index is 742. The van der Waals surface area contributed by atoms with Gasteiger partial charge in [-0.3, -0.25) is 9.78 Å². The summed E-state index contributed by atoms with van der Waals surface area (Å²) in [6.07, 6.45) is 6.66. The smallest absolute Gasteiger partial charge is 0.255 e. The molecule has 0 saturated carbocycles. The number of hydrogen-bond acceptors (Lipinski definition) is 5. The number of rotatable bonds is 5. The van der Waals surface area contributed by atoms with Gasteiger partial charge in [-0.1, -0.05) is 0 Å². The van der Waals surface area contributed by atoms with Gasteiger partial charge in [0.1, 0.15) is 0 Å². The van der Waals surface area contributed by atoms with Crippen molar-refractivity contribution in [2.45, 2.75) is 19.3 Å². The maximum Gasteiger partial charge on any atom is 0.255 e. The molecule has 6 nitrogen and oxygen atoms in total. The molecule has 6 heteroatoms. The summed E-state index contributed by atoms with van der Waals surface area (Å²) in [7, 11) is 3.20. The first kappa shape index (κ1) is 17.1. The molecule has 1 N–H and O–H groups in total. The first-order valence-corrected chi connectivity index (χ1v) is 8.44. The van der Waals surface area contributed by atoms with Crippen molar-refractivity contribution in [1.82, 2.24) is 9.88 Å². The van der Waals surface area contributed by atoms with Crippen molar-refractivity contribution < 1.29 is 14.3 Å². The molecule has 1 amide bonds. The van der Waals surface area contributed by atoms with Crippen molar-refractivity contribution in [3.05, 3.63) is 42.2 Å². The Balaban J connectivity index is 1.76. The number of likely N-dealkylation sites (tertiary alicyclic amines) is 1. The summed E-state index contributed by atoms with van der Waals surface area (Å²) in [6, 6.07) is 7.40. The van der Waals surface area contributed by atoms with Gasteiger partial charge in [0.25, 0.3) is 5.91 Å². The zero-order valence-corrected chi connectivity index (χ0v) is 14.6. The third-order valence-corrected chi connectivity index (χ3v) is 4.30. The fourth-order valence-corrected chi connectivity index (χ4v) is 2.99. The van der Waals surface area contributed by atoms with E-state index in [-0.39, 0.29) is 5.91 Å². The minimum Gasteiger partial charge on any atom is -0.493 e. The highest BCUT2D eigenvalue weighted by molar-refractivity contribution is 5.95. The van der Waals surface area contributed by atoms with Crippen LogP contribution in [0.2, 0.25) is 0 Å². The van der Waals surface area contributed by atoms with E-state index in [1.165, 1.54) is 6.42 Å². The molecule has 0 radical (unpaired) electrons. The summed E-state index contributed by atoms with van der Waals surface area (Å²) < 4.78 is 10.6. The zero-order chi connectivity index (χ0) is 17.6. The Hall–Kier alpha value is -2.76. The number of pyridine rings is 1. The second-order valence-electron chi connectivity index (χ2n) is 6.01. The summed E-state index contributed by atoms with van der Waals surface area (Å²) in [5.74, 6) is 1.35. The molecular weight excluding hydrogens is 318 g/mol. The Kier molecular flexibility index (Phi) is 5.38. The first-order chi connectivity index (χ1) is 12.2. The Morgan fingerprint density at radius 3 is 2.48 bits per heavy atom. The van der Waals surface area contributed by atoms with Crippen LogP contribution >= 0.6 is 0 Å². The Morgan fingerprint density at radius 2 is 1.76 bits per heavy atom. The van der Waals surface area contributed by atoms with Crippen LogP contribution in [0.5, 0.6) is 11.5 Å². The molecule has 0 bridgehead atoms. The van der Waals surface area contributed by atoms with Crippen molar-refractivity contribution in [2.24, 2.45) is 0 Å². The number of carbonyl (C=O) groups excluding carboxylic acids is 1. The van der Waals surface area contributed by atoms with Crippen LogP contribution in [0.15, 0.2) is 36.7 Å². The fraction of sp³-hybridized carbons (Fsp3) is 0.368. The van der Waals surface area contributed by atoms with Gasteiger partial charge < -0.3 is 19.7 Å². The highest BCUT2D eigenvalue weighted by Crippen LogP contribution is 2.31. The predicted octanol–water partition coefficient (Wildman–Crippen LogP) is 3.47. The molecular formula is C19H23N3O3. The molecule has 3 rings (SSSR count). The van der Waals surface area contributed by atoms with Crippen LogP contribution in [0.3, 0.4) is 0 Å². The molecule has 0 aliphatic carbocycles. The van der Waals surface area contributed by atoms with E-state index in [4.69, 9.17) is 9.47 Å². The highest BCUT2D eigenvalue weighted by atomic mass is 16.5. The number of carbonyl (C=O) groups is 1. The number of methoxy groups -OCH3 is 2. The van der Waals surface area contributed by atoms with E-state index in [0.29, 0.717) is 17.1 Å². The van der Waals surface area contributed by atoms with Gasteiger partial charge in [-0.15, -0.1) is 0 Å². The van der Waals surface area contributed by atoms with E-state index in [1.807, 2.05) is 29.2 Å². The number of hydrogen-bond donors (Lipinski definition) is 1. The van der Waals surface area contributed by atoms with Crippen LogP contribution < -0.4 is 14.8 Å². The summed E-state index contributed by atoms with van der Waals surface area (Å²) in [5, 5.41) is 3.26. The third kappa shape index (κ3) is 4.02.